The molecule has 0 radical (unpaired) electrons. The number of hydrogen-bond acceptors (Lipinski definition) is 3. The largest absolute Gasteiger partial charge is 0.490 e. The standard InChI is InChI=1S/C16H15Cl2NO2/c17-12-7-13(18)9-14(8-12)19-10-11-2-3-15-16(6-11)21-5-1-4-20-15/h2-3,6-9,19H,1,4-5,10H2. The van der Waals surface area contributed by atoms with Gasteiger partial charge in [-0.1, -0.05) is 29.3 Å². The number of fused-ring (bicyclic) bond motifs is 1. The minimum Gasteiger partial charge on any atom is -0.490 e. The van der Waals surface area contributed by atoms with Crippen molar-refractivity contribution in [3.05, 3.63) is 52.0 Å². The van der Waals surface area contributed by atoms with Crippen molar-refractivity contribution in [3.63, 3.8) is 0 Å². The first-order chi connectivity index (χ1) is 10.2. The van der Waals surface area contributed by atoms with Crippen LogP contribution in [-0.2, 0) is 6.54 Å². The van der Waals surface area contributed by atoms with Crippen LogP contribution in [0, 0.1) is 0 Å². The normalized spacial score (nSPS) is 13.6. The molecule has 0 saturated carbocycles. The van der Waals surface area contributed by atoms with Crippen molar-refractivity contribution in [1.29, 1.82) is 0 Å². The van der Waals surface area contributed by atoms with Gasteiger partial charge in [-0.2, -0.15) is 0 Å². The van der Waals surface area contributed by atoms with Crippen LogP contribution in [0.2, 0.25) is 10.0 Å². The molecule has 1 N–H and O–H groups in total. The molecule has 0 spiro atoms. The van der Waals surface area contributed by atoms with Gasteiger partial charge < -0.3 is 14.8 Å². The quantitative estimate of drug-likeness (QED) is 0.882. The van der Waals surface area contributed by atoms with Crippen molar-refractivity contribution in [2.75, 3.05) is 18.5 Å². The first-order valence-electron chi connectivity index (χ1n) is 6.79. The smallest absolute Gasteiger partial charge is 0.161 e. The van der Waals surface area contributed by atoms with Crippen molar-refractivity contribution in [2.24, 2.45) is 0 Å². The second kappa shape index (κ2) is 6.46. The number of halogens is 2. The number of hydrogen-bond donors (Lipinski definition) is 1. The Balaban J connectivity index is 1.71. The van der Waals surface area contributed by atoms with Crippen LogP contribution in [0.4, 0.5) is 5.69 Å². The van der Waals surface area contributed by atoms with E-state index >= 15 is 0 Å². The van der Waals surface area contributed by atoms with Crippen molar-refractivity contribution < 1.29 is 9.47 Å². The molecule has 3 rings (SSSR count). The summed E-state index contributed by atoms with van der Waals surface area (Å²) < 4.78 is 11.3. The Morgan fingerprint density at radius 3 is 2.38 bits per heavy atom. The topological polar surface area (TPSA) is 30.5 Å². The monoisotopic (exact) mass is 323 g/mol. The number of anilines is 1. The molecule has 0 atom stereocenters. The summed E-state index contributed by atoms with van der Waals surface area (Å²) >= 11 is 12.0. The zero-order valence-corrected chi connectivity index (χ0v) is 12.9. The molecule has 2 aromatic rings. The maximum absolute atomic E-state index is 5.98. The van der Waals surface area contributed by atoms with Crippen LogP contribution in [0.3, 0.4) is 0 Å². The van der Waals surface area contributed by atoms with E-state index in [1.165, 1.54) is 0 Å². The van der Waals surface area contributed by atoms with Gasteiger partial charge in [-0.15, -0.1) is 0 Å². The van der Waals surface area contributed by atoms with Gasteiger partial charge in [0.2, 0.25) is 0 Å². The molecule has 2 aromatic carbocycles. The van der Waals surface area contributed by atoms with E-state index in [9.17, 15) is 0 Å². The Morgan fingerprint density at radius 2 is 1.62 bits per heavy atom. The fraction of sp³-hybridized carbons (Fsp3) is 0.250. The third-order valence-corrected chi connectivity index (χ3v) is 3.61. The number of benzene rings is 2. The second-order valence-electron chi connectivity index (χ2n) is 4.84. The molecule has 21 heavy (non-hydrogen) atoms. The number of nitrogens with one attached hydrogen (secondary N) is 1. The summed E-state index contributed by atoms with van der Waals surface area (Å²) in [6.45, 7) is 2.05. The highest BCUT2D eigenvalue weighted by Gasteiger charge is 2.10. The fourth-order valence-electron chi connectivity index (χ4n) is 2.18. The molecule has 0 bridgehead atoms. The summed E-state index contributed by atoms with van der Waals surface area (Å²) in [5.74, 6) is 1.61. The Kier molecular flexibility index (Phi) is 4.42. The average molecular weight is 324 g/mol. The van der Waals surface area contributed by atoms with Crippen LogP contribution >= 0.6 is 23.2 Å². The second-order valence-corrected chi connectivity index (χ2v) is 5.72. The lowest BCUT2D eigenvalue weighted by molar-refractivity contribution is 0.297. The van der Waals surface area contributed by atoms with Crippen molar-refractivity contribution in [3.8, 4) is 11.5 Å². The van der Waals surface area contributed by atoms with Gasteiger partial charge in [0.05, 0.1) is 13.2 Å². The van der Waals surface area contributed by atoms with Crippen LogP contribution < -0.4 is 14.8 Å². The van der Waals surface area contributed by atoms with E-state index in [1.54, 1.807) is 6.07 Å². The summed E-state index contributed by atoms with van der Waals surface area (Å²) in [7, 11) is 0. The predicted molar refractivity (Wildman–Crippen MR) is 85.8 cm³/mol. The lowest BCUT2D eigenvalue weighted by Crippen LogP contribution is -2.00. The van der Waals surface area contributed by atoms with Crippen molar-refractivity contribution >= 4 is 28.9 Å². The highest BCUT2D eigenvalue weighted by molar-refractivity contribution is 6.35. The molecule has 110 valence electrons. The molecule has 1 aliphatic heterocycles. The SMILES string of the molecule is Clc1cc(Cl)cc(NCc2ccc3c(c2)OCCCO3)c1. The molecule has 0 fully saturated rings. The Bertz CT molecular complexity index is 626. The first kappa shape index (κ1) is 14.4. The lowest BCUT2D eigenvalue weighted by Gasteiger charge is -2.11. The van der Waals surface area contributed by atoms with Gasteiger partial charge in [0.25, 0.3) is 0 Å². The maximum atomic E-state index is 5.98. The van der Waals surface area contributed by atoms with E-state index in [2.05, 4.69) is 5.32 Å². The number of ether oxygens (including phenoxy) is 2. The van der Waals surface area contributed by atoms with Gasteiger partial charge in [0, 0.05) is 28.7 Å². The third kappa shape index (κ3) is 3.74. The zero-order chi connectivity index (χ0) is 14.7. The molecule has 0 aromatic heterocycles. The van der Waals surface area contributed by atoms with Gasteiger partial charge in [0.1, 0.15) is 0 Å². The van der Waals surface area contributed by atoms with Crippen LogP contribution in [0.1, 0.15) is 12.0 Å². The van der Waals surface area contributed by atoms with Crippen molar-refractivity contribution in [1.82, 2.24) is 0 Å². The summed E-state index contributed by atoms with van der Waals surface area (Å²) in [5.41, 5.74) is 2.00. The van der Waals surface area contributed by atoms with E-state index < -0.39 is 0 Å². The zero-order valence-electron chi connectivity index (χ0n) is 11.4. The molecule has 0 unspecified atom stereocenters. The average Bonchev–Trinajstić information content (AvgIpc) is 2.68. The first-order valence-corrected chi connectivity index (χ1v) is 7.55. The Morgan fingerprint density at radius 1 is 0.905 bits per heavy atom. The highest BCUT2D eigenvalue weighted by atomic mass is 35.5. The molecule has 0 saturated heterocycles. The van der Waals surface area contributed by atoms with Crippen LogP contribution in [-0.4, -0.2) is 13.2 Å². The molecule has 0 amide bonds. The maximum Gasteiger partial charge on any atom is 0.161 e. The summed E-state index contributed by atoms with van der Waals surface area (Å²) in [6.07, 6.45) is 0.906. The molecular weight excluding hydrogens is 309 g/mol. The van der Waals surface area contributed by atoms with Gasteiger partial charge in [-0.3, -0.25) is 0 Å². The molecule has 5 heteroatoms. The molecule has 1 heterocycles. The molecular formula is C16H15Cl2NO2. The van der Waals surface area contributed by atoms with E-state index in [0.29, 0.717) is 29.8 Å². The minimum absolute atomic E-state index is 0.615. The molecule has 0 aliphatic carbocycles. The van der Waals surface area contributed by atoms with Gasteiger partial charge in [0.15, 0.2) is 11.5 Å². The Hall–Kier alpha value is -1.58. The summed E-state index contributed by atoms with van der Waals surface area (Å²) in [6, 6.07) is 11.4. The summed E-state index contributed by atoms with van der Waals surface area (Å²) in [5, 5.41) is 4.53. The molecule has 1 aliphatic rings. The van der Waals surface area contributed by atoms with Gasteiger partial charge in [-0.05, 0) is 35.9 Å². The van der Waals surface area contributed by atoms with E-state index in [1.807, 2.05) is 30.3 Å². The van der Waals surface area contributed by atoms with Crippen LogP contribution in [0.15, 0.2) is 36.4 Å². The van der Waals surface area contributed by atoms with E-state index in [4.69, 9.17) is 32.7 Å². The highest BCUT2D eigenvalue weighted by Crippen LogP contribution is 2.31. The molecule has 3 nitrogen and oxygen atoms in total. The number of rotatable bonds is 3. The Labute approximate surface area is 133 Å². The third-order valence-electron chi connectivity index (χ3n) is 3.17. The van der Waals surface area contributed by atoms with Crippen LogP contribution in [0.5, 0.6) is 11.5 Å². The fourth-order valence-corrected chi connectivity index (χ4v) is 2.70. The van der Waals surface area contributed by atoms with E-state index in [0.717, 1.165) is 29.2 Å². The summed E-state index contributed by atoms with van der Waals surface area (Å²) in [4.78, 5) is 0. The van der Waals surface area contributed by atoms with Gasteiger partial charge in [-0.25, -0.2) is 0 Å². The minimum atomic E-state index is 0.615. The van der Waals surface area contributed by atoms with Crippen LogP contribution in [0.25, 0.3) is 0 Å². The predicted octanol–water partition coefficient (Wildman–Crippen LogP) is 4.77. The van der Waals surface area contributed by atoms with E-state index in [-0.39, 0.29) is 0 Å². The lowest BCUT2D eigenvalue weighted by atomic mass is 10.2. The van der Waals surface area contributed by atoms with Crippen molar-refractivity contribution in [2.45, 2.75) is 13.0 Å². The van der Waals surface area contributed by atoms with Gasteiger partial charge >= 0.3 is 0 Å².